The Morgan fingerprint density at radius 1 is 1.04 bits per heavy atom. The number of hydrogen-bond donors (Lipinski definition) is 2. The van der Waals surface area contributed by atoms with Gasteiger partial charge in [-0.1, -0.05) is 19.9 Å². The average molecular weight is 399 g/mol. The molecule has 25 heavy (non-hydrogen) atoms. The van der Waals surface area contributed by atoms with E-state index in [4.69, 9.17) is 4.55 Å². The Kier molecular flexibility index (Phi) is 19.9. The second kappa shape index (κ2) is 17.5. The lowest BCUT2D eigenvalue weighted by Crippen LogP contribution is -2.22. The van der Waals surface area contributed by atoms with Crippen molar-refractivity contribution in [2.45, 2.75) is 26.7 Å². The molecule has 1 rings (SSSR count). The summed E-state index contributed by atoms with van der Waals surface area (Å²) < 4.78 is 58.5. The molecule has 2 N–H and O–H groups in total. The predicted molar refractivity (Wildman–Crippen MR) is 99.6 cm³/mol. The van der Waals surface area contributed by atoms with Gasteiger partial charge >= 0.3 is 0 Å². The summed E-state index contributed by atoms with van der Waals surface area (Å²) in [6.07, 6.45) is 6.50. The summed E-state index contributed by atoms with van der Waals surface area (Å²) in [5.41, 5.74) is 0. The first-order chi connectivity index (χ1) is 11.5. The third-order valence-corrected chi connectivity index (χ3v) is 3.70. The van der Waals surface area contributed by atoms with Crippen LogP contribution in [0.4, 0.5) is 0 Å². The highest BCUT2D eigenvalue weighted by Gasteiger charge is 1.98. The minimum Gasteiger partial charge on any atom is -0.748 e. The maximum Gasteiger partial charge on any atom is 0.264 e. The van der Waals surface area contributed by atoms with Gasteiger partial charge in [0.05, 0.1) is 15.9 Å². The summed E-state index contributed by atoms with van der Waals surface area (Å²) in [5.74, 6) is -0.375. The van der Waals surface area contributed by atoms with E-state index in [1.165, 1.54) is 0 Å². The molecule has 148 valence electrons. The van der Waals surface area contributed by atoms with Crippen molar-refractivity contribution in [3.05, 3.63) is 37.2 Å². The van der Waals surface area contributed by atoms with Gasteiger partial charge in [0, 0.05) is 17.9 Å². The lowest BCUT2D eigenvalue weighted by molar-refractivity contribution is -0.567. The highest BCUT2D eigenvalue weighted by molar-refractivity contribution is 7.85. The molecule has 0 aliphatic heterocycles. The third kappa shape index (κ3) is 34.9. The molecule has 1 aromatic heterocycles. The minimum absolute atomic E-state index is 0.132. The van der Waals surface area contributed by atoms with Crippen LogP contribution in [-0.2, 0) is 20.2 Å². The highest BCUT2D eigenvalue weighted by atomic mass is 32.2. The van der Waals surface area contributed by atoms with E-state index in [9.17, 15) is 21.4 Å². The molecule has 0 bridgehead atoms. The normalized spacial score (nSPS) is 10.0. The average Bonchev–Trinajstić information content (AvgIpc) is 2.48. The third-order valence-electron chi connectivity index (χ3n) is 1.87. The van der Waals surface area contributed by atoms with Crippen molar-refractivity contribution in [3.8, 4) is 0 Å². The van der Waals surface area contributed by atoms with Crippen LogP contribution in [-0.4, -0.2) is 51.5 Å². The molecule has 0 unspecified atom stereocenters. The zero-order valence-electron chi connectivity index (χ0n) is 15.3. The van der Waals surface area contributed by atoms with Gasteiger partial charge in [-0.15, -0.1) is 0 Å². The Bertz CT molecular complexity index is 583. The highest BCUT2D eigenvalue weighted by Crippen LogP contribution is 1.84. The largest absolute Gasteiger partial charge is 0.748 e. The van der Waals surface area contributed by atoms with Crippen LogP contribution in [0.2, 0.25) is 0 Å². The fourth-order valence-corrected chi connectivity index (χ4v) is 2.06. The van der Waals surface area contributed by atoms with Crippen LogP contribution in [0.25, 0.3) is 6.20 Å². The molecule has 1 aromatic rings. The van der Waals surface area contributed by atoms with Gasteiger partial charge < -0.3 is 9.87 Å². The number of nitrogens with zero attached hydrogens (tertiary/aromatic N) is 1. The van der Waals surface area contributed by atoms with E-state index in [-0.39, 0.29) is 11.5 Å². The second-order valence-corrected chi connectivity index (χ2v) is 7.65. The number of pyridine rings is 1. The Balaban J connectivity index is -0.000000270. The van der Waals surface area contributed by atoms with Crippen LogP contribution in [0.15, 0.2) is 37.2 Å². The molecule has 0 saturated heterocycles. The van der Waals surface area contributed by atoms with Crippen molar-refractivity contribution in [1.29, 1.82) is 0 Å². The Labute approximate surface area is 152 Å². The van der Waals surface area contributed by atoms with Crippen molar-refractivity contribution >= 4 is 26.4 Å². The summed E-state index contributed by atoms with van der Waals surface area (Å²) in [5, 5.41) is 2.75. The molecule has 0 fully saturated rings. The second-order valence-electron chi connectivity index (χ2n) is 4.55. The number of rotatable bonds is 5. The molecule has 1 heterocycles. The van der Waals surface area contributed by atoms with Crippen LogP contribution in [0.5, 0.6) is 0 Å². The Morgan fingerprint density at radius 2 is 1.44 bits per heavy atom. The van der Waals surface area contributed by atoms with Gasteiger partial charge in [0.25, 0.3) is 10.1 Å². The van der Waals surface area contributed by atoms with Gasteiger partial charge in [0.2, 0.25) is 0 Å². The fraction of sp³-hybridized carbons (Fsp3) is 0.533. The molecule has 0 aliphatic carbocycles. The van der Waals surface area contributed by atoms with E-state index in [0.29, 0.717) is 12.8 Å². The van der Waals surface area contributed by atoms with Gasteiger partial charge in [-0.3, -0.25) is 4.55 Å². The molecular weight excluding hydrogens is 368 g/mol. The number of nitrogens with one attached hydrogen (secondary N) is 1. The lowest BCUT2D eigenvalue weighted by Gasteiger charge is -2.00. The van der Waals surface area contributed by atoms with Gasteiger partial charge in [0.1, 0.15) is 0 Å². The Morgan fingerprint density at radius 3 is 1.56 bits per heavy atom. The van der Waals surface area contributed by atoms with E-state index < -0.39 is 20.2 Å². The molecule has 8 nitrogen and oxygen atoms in total. The minimum atomic E-state index is -3.92. The maximum absolute atomic E-state index is 9.79. The topological polar surface area (TPSA) is 127 Å². The fourth-order valence-electron chi connectivity index (χ4n) is 1.04. The van der Waals surface area contributed by atoms with E-state index in [1.807, 2.05) is 49.3 Å². The van der Waals surface area contributed by atoms with Gasteiger partial charge in [-0.05, 0) is 33.5 Å². The maximum atomic E-state index is 9.79. The SMILES string of the molecule is C=C[n+]1ccccc1.CCCS(=O)(=O)O.CCCS(=O)(=O)[O-].CNC. The van der Waals surface area contributed by atoms with Gasteiger partial charge in [-0.2, -0.15) is 13.0 Å². The smallest absolute Gasteiger partial charge is 0.264 e. The van der Waals surface area contributed by atoms with E-state index in [0.717, 1.165) is 0 Å². The standard InChI is InChI=1S/C7H8N.2C3H8O3S.C2H7N/c1-2-8-6-4-3-5-7-8;2*1-2-3-7(4,5)6;1-3-2/h2-7H,1H2;2*2-3H2,1H3,(H,4,5,6);3H,1-2H3/q+1;;;/p-1. The monoisotopic (exact) mass is 398 g/mol. The van der Waals surface area contributed by atoms with Crippen LogP contribution in [0, 0.1) is 0 Å². The van der Waals surface area contributed by atoms with Crippen molar-refractivity contribution < 1.29 is 30.5 Å². The summed E-state index contributed by atoms with van der Waals surface area (Å²) >= 11 is 0. The van der Waals surface area contributed by atoms with Crippen LogP contribution >= 0.6 is 0 Å². The van der Waals surface area contributed by atoms with Gasteiger partial charge in [-0.25, -0.2) is 8.42 Å². The van der Waals surface area contributed by atoms with E-state index in [1.54, 1.807) is 20.0 Å². The van der Waals surface area contributed by atoms with Crippen molar-refractivity contribution in [1.82, 2.24) is 5.32 Å². The molecule has 0 aliphatic rings. The first-order valence-corrected chi connectivity index (χ1v) is 10.7. The zero-order valence-corrected chi connectivity index (χ0v) is 16.9. The predicted octanol–water partition coefficient (Wildman–Crippen LogP) is 1.14. The van der Waals surface area contributed by atoms with Crippen molar-refractivity contribution in [2.75, 3.05) is 25.6 Å². The van der Waals surface area contributed by atoms with Crippen LogP contribution < -0.4 is 9.88 Å². The van der Waals surface area contributed by atoms with Crippen molar-refractivity contribution in [3.63, 3.8) is 0 Å². The molecule has 0 amide bonds. The number of aromatic nitrogens is 1. The first-order valence-electron chi connectivity index (χ1n) is 7.52. The van der Waals surface area contributed by atoms with Crippen LogP contribution in [0.1, 0.15) is 26.7 Å². The molecule has 0 saturated carbocycles. The summed E-state index contributed by atoms with van der Waals surface area (Å²) in [4.78, 5) is 0. The molecule has 0 radical (unpaired) electrons. The lowest BCUT2D eigenvalue weighted by atomic mass is 10.5. The first kappa shape index (κ1) is 28.5. The van der Waals surface area contributed by atoms with E-state index >= 15 is 0 Å². The Hall–Kier alpha value is -1.33. The van der Waals surface area contributed by atoms with E-state index in [2.05, 4.69) is 11.9 Å². The summed E-state index contributed by atoms with van der Waals surface area (Å²) in [6.45, 7) is 6.93. The van der Waals surface area contributed by atoms with Gasteiger partial charge in [0.15, 0.2) is 18.6 Å². The summed E-state index contributed by atoms with van der Waals surface area (Å²) in [6, 6.07) is 5.89. The molecule has 10 heteroatoms. The quantitative estimate of drug-likeness (QED) is 0.562. The zero-order chi connectivity index (χ0) is 20.4. The number of hydrogen-bond acceptors (Lipinski definition) is 6. The molecule has 0 aromatic carbocycles. The van der Waals surface area contributed by atoms with Crippen LogP contribution in [0.3, 0.4) is 0 Å². The molecular formula is C15H30N2O6S2. The molecule has 0 spiro atoms. The molecule has 0 atom stereocenters. The van der Waals surface area contributed by atoms with Crippen molar-refractivity contribution in [2.24, 2.45) is 0 Å². The summed E-state index contributed by atoms with van der Waals surface area (Å²) in [7, 11) is -3.85.